The normalized spacial score (nSPS) is 10.7. The molecule has 0 aliphatic rings. The summed E-state index contributed by atoms with van der Waals surface area (Å²) >= 11 is 7.43. The molecular formula is C13H15ClN2S. The fourth-order valence-corrected chi connectivity index (χ4v) is 2.36. The number of nitrogens with one attached hydrogen (secondary N) is 1. The predicted octanol–water partition coefficient (Wildman–Crippen LogP) is 3.48. The van der Waals surface area contributed by atoms with Crippen molar-refractivity contribution < 1.29 is 0 Å². The van der Waals surface area contributed by atoms with Crippen molar-refractivity contribution in [3.63, 3.8) is 0 Å². The Balaban J connectivity index is 1.81. The van der Waals surface area contributed by atoms with Gasteiger partial charge in [0, 0.05) is 24.3 Å². The molecule has 2 rings (SSSR count). The van der Waals surface area contributed by atoms with E-state index in [1.165, 1.54) is 5.56 Å². The van der Waals surface area contributed by atoms with E-state index in [0.29, 0.717) is 5.88 Å². The van der Waals surface area contributed by atoms with Crippen molar-refractivity contribution in [2.24, 2.45) is 0 Å². The number of rotatable bonds is 5. The van der Waals surface area contributed by atoms with Crippen LogP contribution in [0.4, 0.5) is 0 Å². The Kier molecular flexibility index (Phi) is 4.54. The van der Waals surface area contributed by atoms with Crippen molar-refractivity contribution in [1.82, 2.24) is 10.3 Å². The van der Waals surface area contributed by atoms with Crippen LogP contribution >= 0.6 is 22.9 Å². The number of aromatic nitrogens is 1. The van der Waals surface area contributed by atoms with Crippen LogP contribution < -0.4 is 5.32 Å². The highest BCUT2D eigenvalue weighted by atomic mass is 35.5. The van der Waals surface area contributed by atoms with Gasteiger partial charge in [0.05, 0.1) is 10.7 Å². The van der Waals surface area contributed by atoms with Crippen molar-refractivity contribution in [2.45, 2.75) is 25.9 Å². The van der Waals surface area contributed by atoms with Gasteiger partial charge in [-0.25, -0.2) is 4.98 Å². The van der Waals surface area contributed by atoms with Gasteiger partial charge in [-0.3, -0.25) is 0 Å². The highest BCUT2D eigenvalue weighted by molar-refractivity contribution is 7.09. The minimum Gasteiger partial charge on any atom is -0.307 e. The fraction of sp³-hybridized carbons (Fsp3) is 0.308. The molecule has 17 heavy (non-hydrogen) atoms. The molecule has 0 aliphatic carbocycles. The van der Waals surface area contributed by atoms with Crippen molar-refractivity contribution in [3.8, 4) is 0 Å². The average molecular weight is 267 g/mol. The first-order valence-corrected chi connectivity index (χ1v) is 6.95. The third-order valence-corrected chi connectivity index (χ3v) is 3.61. The van der Waals surface area contributed by atoms with Crippen LogP contribution in [0.1, 0.15) is 21.8 Å². The first-order valence-electron chi connectivity index (χ1n) is 5.53. The molecule has 0 saturated carbocycles. The van der Waals surface area contributed by atoms with Gasteiger partial charge in [0.1, 0.15) is 0 Å². The number of halogens is 1. The molecule has 0 saturated heterocycles. The lowest BCUT2D eigenvalue weighted by atomic mass is 10.1. The van der Waals surface area contributed by atoms with Gasteiger partial charge in [-0.15, -0.1) is 22.9 Å². The third-order valence-electron chi connectivity index (χ3n) is 2.48. The van der Waals surface area contributed by atoms with E-state index in [1.807, 2.05) is 6.92 Å². The Morgan fingerprint density at radius 1 is 1.18 bits per heavy atom. The summed E-state index contributed by atoms with van der Waals surface area (Å²) in [7, 11) is 0. The monoisotopic (exact) mass is 266 g/mol. The molecule has 90 valence electrons. The summed E-state index contributed by atoms with van der Waals surface area (Å²) < 4.78 is 0. The lowest BCUT2D eigenvalue weighted by Crippen LogP contribution is -2.12. The Hall–Kier alpha value is -0.900. The van der Waals surface area contributed by atoms with Gasteiger partial charge in [0.25, 0.3) is 0 Å². The highest BCUT2D eigenvalue weighted by Gasteiger charge is 1.98. The first-order chi connectivity index (χ1) is 8.28. The van der Waals surface area contributed by atoms with Gasteiger partial charge in [-0.1, -0.05) is 24.3 Å². The number of hydrogen-bond donors (Lipinski definition) is 1. The van der Waals surface area contributed by atoms with Crippen molar-refractivity contribution >= 4 is 22.9 Å². The minimum absolute atomic E-state index is 0.575. The SMILES string of the molecule is Cc1nc(CNCc2ccc(CCl)cc2)cs1. The van der Waals surface area contributed by atoms with E-state index in [2.05, 4.69) is 39.9 Å². The predicted molar refractivity (Wildman–Crippen MR) is 73.4 cm³/mol. The summed E-state index contributed by atoms with van der Waals surface area (Å²) in [5.41, 5.74) is 3.54. The summed E-state index contributed by atoms with van der Waals surface area (Å²) in [5, 5.41) is 6.59. The molecular weight excluding hydrogens is 252 g/mol. The molecule has 1 heterocycles. The molecule has 2 nitrogen and oxygen atoms in total. The zero-order valence-corrected chi connectivity index (χ0v) is 11.3. The Morgan fingerprint density at radius 2 is 1.88 bits per heavy atom. The molecule has 1 aromatic heterocycles. The molecule has 1 aromatic carbocycles. The maximum atomic E-state index is 5.74. The Labute approximate surface area is 111 Å². The van der Waals surface area contributed by atoms with E-state index in [4.69, 9.17) is 11.6 Å². The van der Waals surface area contributed by atoms with E-state index < -0.39 is 0 Å². The summed E-state index contributed by atoms with van der Waals surface area (Å²) in [5.74, 6) is 0.575. The molecule has 0 fully saturated rings. The molecule has 1 N–H and O–H groups in total. The number of aryl methyl sites for hydroxylation is 1. The molecule has 0 unspecified atom stereocenters. The lowest BCUT2D eigenvalue weighted by Gasteiger charge is -2.03. The number of alkyl halides is 1. The van der Waals surface area contributed by atoms with Crippen molar-refractivity contribution in [1.29, 1.82) is 0 Å². The smallest absolute Gasteiger partial charge is 0.0897 e. The number of hydrogen-bond acceptors (Lipinski definition) is 3. The highest BCUT2D eigenvalue weighted by Crippen LogP contribution is 2.09. The maximum absolute atomic E-state index is 5.74. The van der Waals surface area contributed by atoms with Crippen molar-refractivity contribution in [2.75, 3.05) is 0 Å². The number of nitrogens with zero attached hydrogens (tertiary/aromatic N) is 1. The summed E-state index contributed by atoms with van der Waals surface area (Å²) in [4.78, 5) is 4.41. The Morgan fingerprint density at radius 3 is 2.47 bits per heavy atom. The second-order valence-corrected chi connectivity index (χ2v) is 5.24. The van der Waals surface area contributed by atoms with Gasteiger partial charge < -0.3 is 5.32 Å². The third kappa shape index (κ3) is 3.80. The second kappa shape index (κ2) is 6.15. The van der Waals surface area contributed by atoms with Crippen LogP contribution in [0.2, 0.25) is 0 Å². The Bertz CT molecular complexity index is 465. The molecule has 0 aliphatic heterocycles. The zero-order valence-electron chi connectivity index (χ0n) is 9.74. The van der Waals surface area contributed by atoms with Gasteiger partial charge >= 0.3 is 0 Å². The maximum Gasteiger partial charge on any atom is 0.0897 e. The second-order valence-electron chi connectivity index (χ2n) is 3.91. The largest absolute Gasteiger partial charge is 0.307 e. The summed E-state index contributed by atoms with van der Waals surface area (Å²) in [6, 6.07) is 8.35. The zero-order chi connectivity index (χ0) is 12.1. The molecule has 2 aromatic rings. The first kappa shape index (κ1) is 12.6. The molecule has 0 bridgehead atoms. The summed E-state index contributed by atoms with van der Waals surface area (Å²) in [6.07, 6.45) is 0. The average Bonchev–Trinajstić information content (AvgIpc) is 2.76. The molecule has 4 heteroatoms. The van der Waals surface area contributed by atoms with Crippen LogP contribution in [0, 0.1) is 6.92 Å². The lowest BCUT2D eigenvalue weighted by molar-refractivity contribution is 0.681. The van der Waals surface area contributed by atoms with Crippen LogP contribution in [0.15, 0.2) is 29.6 Å². The van der Waals surface area contributed by atoms with Gasteiger partial charge in [0.15, 0.2) is 0 Å². The minimum atomic E-state index is 0.575. The van der Waals surface area contributed by atoms with E-state index in [9.17, 15) is 0 Å². The van der Waals surface area contributed by atoms with Crippen molar-refractivity contribution in [3.05, 3.63) is 51.5 Å². The van der Waals surface area contributed by atoms with E-state index in [-0.39, 0.29) is 0 Å². The van der Waals surface area contributed by atoms with E-state index in [0.717, 1.165) is 29.4 Å². The fourth-order valence-electron chi connectivity index (χ4n) is 1.57. The van der Waals surface area contributed by atoms with E-state index in [1.54, 1.807) is 11.3 Å². The van der Waals surface area contributed by atoms with Crippen LogP contribution in [-0.4, -0.2) is 4.98 Å². The van der Waals surface area contributed by atoms with E-state index >= 15 is 0 Å². The molecule has 0 spiro atoms. The number of benzene rings is 1. The van der Waals surface area contributed by atoms with Crippen LogP contribution in [-0.2, 0) is 19.0 Å². The summed E-state index contributed by atoms with van der Waals surface area (Å²) in [6.45, 7) is 3.71. The quantitative estimate of drug-likeness (QED) is 0.838. The van der Waals surface area contributed by atoms with Crippen LogP contribution in [0.5, 0.6) is 0 Å². The number of thiazole rings is 1. The van der Waals surface area contributed by atoms with Crippen LogP contribution in [0.3, 0.4) is 0 Å². The topological polar surface area (TPSA) is 24.9 Å². The van der Waals surface area contributed by atoms with Gasteiger partial charge in [0.2, 0.25) is 0 Å². The van der Waals surface area contributed by atoms with Gasteiger partial charge in [-0.05, 0) is 18.1 Å². The molecule has 0 radical (unpaired) electrons. The molecule has 0 amide bonds. The standard InChI is InChI=1S/C13H15ClN2S/c1-10-16-13(9-17-10)8-15-7-12-4-2-11(6-14)3-5-12/h2-5,9,15H,6-8H2,1H3. The van der Waals surface area contributed by atoms with Crippen LogP contribution in [0.25, 0.3) is 0 Å². The molecule has 0 atom stereocenters. The van der Waals surface area contributed by atoms with Gasteiger partial charge in [-0.2, -0.15) is 0 Å².